The molecule has 9 rings (SSSR count). The minimum absolute atomic E-state index is 0.0715. The summed E-state index contributed by atoms with van der Waals surface area (Å²) in [6.07, 6.45) is -30.9. The smallest absolute Gasteiger partial charge is 0.335 e. The number of allylic oxidation sites excluding steroid dienone is 2. The second-order valence-corrected chi connectivity index (χ2v) is 26.4. The molecule has 4 saturated heterocycles. The molecule has 0 amide bonds. The summed E-state index contributed by atoms with van der Waals surface area (Å²) in [5, 5.41) is 155. The lowest BCUT2D eigenvalue weighted by molar-refractivity contribution is -0.410. The number of ether oxygens (including phenoxy) is 8. The third-order valence-electron chi connectivity index (χ3n) is 21.8. The number of fused-ring (bicyclic) bond motifs is 7. The first kappa shape index (κ1) is 60.0. The third kappa shape index (κ3) is 9.42. The maximum atomic E-state index is 12.7. The number of carboxylic acid groups (broad SMARTS) is 1. The van der Waals surface area contributed by atoms with E-state index in [-0.39, 0.29) is 40.6 Å². The summed E-state index contributed by atoms with van der Waals surface area (Å²) in [4.78, 5) is 12.7. The Kier molecular flexibility index (Phi) is 16.5. The van der Waals surface area contributed by atoms with Gasteiger partial charge in [0.1, 0.15) is 79.4 Å². The van der Waals surface area contributed by atoms with Crippen LogP contribution in [0.25, 0.3) is 0 Å². The summed E-state index contributed by atoms with van der Waals surface area (Å²) in [5.41, 5.74) is -1.46. The normalized spacial score (nSPS) is 56.7. The first-order valence-corrected chi connectivity index (χ1v) is 27.7. The van der Waals surface area contributed by atoms with Crippen molar-refractivity contribution in [3.63, 3.8) is 0 Å². The van der Waals surface area contributed by atoms with Gasteiger partial charge >= 0.3 is 5.97 Å². The standard InChI is InChI=1S/C54H88O23/c1-21-29(57)32(60)36(64)45(70-21)74-38-31(59)25(19-55)72-48(41(38)77-46-37(65)33(61)30(58)22(2)71-46)76-40-35(63)34(62)39(44(68)69)75-47(40)73-28-13-14-51(6)26(52(28,7)20-56)12-15-54(9)27(51)11-10-23-24-18-49(3,4)42(66)43(67)50(24,5)16-17-53(23,54)8/h10,21-22,24-43,45-48,55-67H,11-20H2,1-9H3,(H,68,69). The van der Waals surface area contributed by atoms with Crippen LogP contribution < -0.4 is 0 Å². The van der Waals surface area contributed by atoms with Gasteiger partial charge in [-0.3, -0.25) is 0 Å². The molecular weight excluding hydrogens is 1020 g/mol. The van der Waals surface area contributed by atoms with Crippen LogP contribution in [0.2, 0.25) is 0 Å². The summed E-state index contributed by atoms with van der Waals surface area (Å²) in [6.45, 7) is 16.6. The van der Waals surface area contributed by atoms with Crippen molar-refractivity contribution in [2.45, 2.75) is 255 Å². The fourth-order valence-electron chi connectivity index (χ4n) is 16.5. The molecule has 4 heterocycles. The molecule has 0 aromatic rings. The van der Waals surface area contributed by atoms with E-state index in [1.54, 1.807) is 0 Å². The molecule has 0 aromatic carbocycles. The lowest BCUT2D eigenvalue weighted by Crippen LogP contribution is -2.69. The second-order valence-electron chi connectivity index (χ2n) is 26.4. The van der Waals surface area contributed by atoms with E-state index in [2.05, 4.69) is 33.8 Å². The summed E-state index contributed by atoms with van der Waals surface area (Å²) in [7, 11) is 0. The van der Waals surface area contributed by atoms with Crippen LogP contribution in [0.1, 0.15) is 114 Å². The number of hydrogen-bond donors (Lipinski definition) is 14. The van der Waals surface area contributed by atoms with Crippen molar-refractivity contribution in [2.75, 3.05) is 13.2 Å². The Bertz CT molecular complexity index is 2150. The molecule has 442 valence electrons. The van der Waals surface area contributed by atoms with Gasteiger partial charge in [-0.25, -0.2) is 4.79 Å². The number of aliphatic carboxylic acids is 1. The molecule has 4 saturated carbocycles. The lowest BCUT2D eigenvalue weighted by atomic mass is 9.33. The quantitative estimate of drug-likeness (QED) is 0.0829. The third-order valence-corrected chi connectivity index (χ3v) is 21.8. The van der Waals surface area contributed by atoms with E-state index in [0.717, 1.165) is 32.1 Å². The van der Waals surface area contributed by atoms with Crippen LogP contribution in [-0.4, -0.2) is 232 Å². The van der Waals surface area contributed by atoms with Crippen molar-refractivity contribution in [1.82, 2.24) is 0 Å². The molecular formula is C54H88O23. The van der Waals surface area contributed by atoms with Gasteiger partial charge in [0.25, 0.3) is 0 Å². The van der Waals surface area contributed by atoms with E-state index in [0.29, 0.717) is 19.3 Å². The average molecular weight is 1110 g/mol. The van der Waals surface area contributed by atoms with Crippen LogP contribution in [0.15, 0.2) is 11.6 Å². The molecule has 23 nitrogen and oxygen atoms in total. The molecule has 31 unspecified atom stereocenters. The Morgan fingerprint density at radius 1 is 0.571 bits per heavy atom. The van der Waals surface area contributed by atoms with Gasteiger partial charge in [-0.15, -0.1) is 0 Å². The summed E-state index contributed by atoms with van der Waals surface area (Å²) < 4.78 is 49.1. The fraction of sp³-hybridized carbons (Fsp3) is 0.944. The predicted molar refractivity (Wildman–Crippen MR) is 263 cm³/mol. The van der Waals surface area contributed by atoms with Crippen LogP contribution in [-0.2, 0) is 42.7 Å². The number of rotatable bonds is 11. The minimum Gasteiger partial charge on any atom is -0.479 e. The predicted octanol–water partition coefficient (Wildman–Crippen LogP) is -1.47. The first-order chi connectivity index (χ1) is 35.9. The van der Waals surface area contributed by atoms with Gasteiger partial charge in [0.2, 0.25) is 0 Å². The van der Waals surface area contributed by atoms with Crippen LogP contribution in [0.3, 0.4) is 0 Å². The SMILES string of the molecule is CC1OC(OC2C(OC3C(OC4CCC5(C)C(CCC6(C)C5CC=C5C7CC(C)(C)C(O)C(O)C7(C)CCC56C)C4(C)CO)OC(C(=O)O)C(O)C3O)OC(CO)C(O)C2OC2OC(C)C(O)C(O)C2O)C(O)C(O)C1O. The molecule has 14 N–H and O–H groups in total. The van der Waals surface area contributed by atoms with Gasteiger partial charge in [0, 0.05) is 10.8 Å². The molecule has 77 heavy (non-hydrogen) atoms. The van der Waals surface area contributed by atoms with Gasteiger partial charge < -0.3 is 109 Å². The van der Waals surface area contributed by atoms with Gasteiger partial charge in [0.05, 0.1) is 43.7 Å². The molecule has 23 heteroatoms. The molecule has 4 aliphatic heterocycles. The zero-order valence-corrected chi connectivity index (χ0v) is 45.6. The topological polar surface area (TPSA) is 374 Å². The highest BCUT2D eigenvalue weighted by Gasteiger charge is 2.71. The maximum absolute atomic E-state index is 12.7. The molecule has 0 aromatic heterocycles. The number of carboxylic acids is 1. The van der Waals surface area contributed by atoms with Crippen molar-refractivity contribution in [1.29, 1.82) is 0 Å². The zero-order chi connectivity index (χ0) is 56.6. The molecule has 0 spiro atoms. The summed E-state index contributed by atoms with van der Waals surface area (Å²) >= 11 is 0. The van der Waals surface area contributed by atoms with E-state index < -0.39 is 170 Å². The van der Waals surface area contributed by atoms with Crippen LogP contribution in [0.5, 0.6) is 0 Å². The first-order valence-electron chi connectivity index (χ1n) is 27.7. The van der Waals surface area contributed by atoms with Gasteiger partial charge in [-0.2, -0.15) is 0 Å². The Hall–Kier alpha value is -1.63. The second kappa shape index (κ2) is 21.2. The monoisotopic (exact) mass is 1100 g/mol. The van der Waals surface area contributed by atoms with E-state index in [1.807, 2.05) is 20.8 Å². The summed E-state index contributed by atoms with van der Waals surface area (Å²) in [6, 6.07) is 0. The van der Waals surface area contributed by atoms with Crippen LogP contribution in [0, 0.1) is 50.2 Å². The Balaban J connectivity index is 1.03. The van der Waals surface area contributed by atoms with E-state index in [4.69, 9.17) is 37.9 Å². The van der Waals surface area contributed by atoms with Crippen LogP contribution in [0.4, 0.5) is 0 Å². The Labute approximate surface area is 449 Å². The van der Waals surface area contributed by atoms with Crippen molar-refractivity contribution in [3.8, 4) is 0 Å². The van der Waals surface area contributed by atoms with Gasteiger partial charge in [0.15, 0.2) is 31.3 Å². The van der Waals surface area contributed by atoms with Gasteiger partial charge in [-0.1, -0.05) is 60.1 Å². The maximum Gasteiger partial charge on any atom is 0.335 e. The zero-order valence-electron chi connectivity index (χ0n) is 45.6. The molecule has 5 aliphatic carbocycles. The van der Waals surface area contributed by atoms with Crippen molar-refractivity contribution in [2.24, 2.45) is 50.2 Å². The number of aliphatic hydroxyl groups excluding tert-OH is 13. The van der Waals surface area contributed by atoms with Crippen LogP contribution >= 0.6 is 0 Å². The fourth-order valence-corrected chi connectivity index (χ4v) is 16.5. The van der Waals surface area contributed by atoms with Crippen molar-refractivity contribution < 1.29 is 114 Å². The lowest BCUT2D eigenvalue weighted by Gasteiger charge is -2.72. The highest BCUT2D eigenvalue weighted by Crippen LogP contribution is 2.76. The largest absolute Gasteiger partial charge is 0.479 e. The highest BCUT2D eigenvalue weighted by atomic mass is 16.8. The Morgan fingerprint density at radius 2 is 1.14 bits per heavy atom. The molecule has 31 atom stereocenters. The van der Waals surface area contributed by atoms with E-state index in [1.165, 1.54) is 19.4 Å². The van der Waals surface area contributed by atoms with Crippen molar-refractivity contribution >= 4 is 5.97 Å². The average Bonchev–Trinajstić information content (AvgIpc) is 3.58. The number of hydrogen-bond acceptors (Lipinski definition) is 22. The molecule has 0 radical (unpaired) electrons. The number of aliphatic hydroxyl groups is 13. The Morgan fingerprint density at radius 3 is 1.71 bits per heavy atom. The van der Waals surface area contributed by atoms with E-state index >= 15 is 0 Å². The molecule has 9 aliphatic rings. The molecule has 0 bridgehead atoms. The van der Waals surface area contributed by atoms with Crippen molar-refractivity contribution in [3.05, 3.63) is 11.6 Å². The number of carbonyl (C=O) groups is 1. The van der Waals surface area contributed by atoms with E-state index in [9.17, 15) is 76.3 Å². The highest BCUT2D eigenvalue weighted by molar-refractivity contribution is 5.73. The van der Waals surface area contributed by atoms with Gasteiger partial charge in [-0.05, 0) is 105 Å². The minimum atomic E-state index is -2.17. The molecule has 8 fully saturated rings. The summed E-state index contributed by atoms with van der Waals surface area (Å²) in [5.74, 6) is -1.62.